The second kappa shape index (κ2) is 9.53. The van der Waals surface area contributed by atoms with Gasteiger partial charge in [-0.3, -0.25) is 0 Å². The van der Waals surface area contributed by atoms with Crippen molar-refractivity contribution >= 4 is 34.2 Å². The highest BCUT2D eigenvalue weighted by atomic mass is 15.2. The van der Waals surface area contributed by atoms with Crippen molar-refractivity contribution in [2.24, 2.45) is 0 Å². The molecule has 3 heterocycles. The van der Waals surface area contributed by atoms with Crippen molar-refractivity contribution in [2.75, 3.05) is 28.6 Å². The minimum atomic E-state index is 0.188. The van der Waals surface area contributed by atoms with Gasteiger partial charge in [-0.2, -0.15) is 9.97 Å². The molecule has 5 rings (SSSR count). The maximum Gasteiger partial charge on any atom is 0.226 e. The van der Waals surface area contributed by atoms with Crippen LogP contribution in [0.4, 0.5) is 23.3 Å². The highest BCUT2D eigenvalue weighted by Crippen LogP contribution is 2.25. The van der Waals surface area contributed by atoms with Crippen LogP contribution in [0.15, 0.2) is 60.8 Å². The highest BCUT2D eigenvalue weighted by molar-refractivity contribution is 5.83. The van der Waals surface area contributed by atoms with Crippen LogP contribution in [0.3, 0.4) is 0 Å². The van der Waals surface area contributed by atoms with Gasteiger partial charge in [0.1, 0.15) is 11.6 Å². The van der Waals surface area contributed by atoms with E-state index in [9.17, 15) is 0 Å². The van der Waals surface area contributed by atoms with Crippen LogP contribution in [-0.2, 0) is 6.42 Å². The fourth-order valence-corrected chi connectivity index (χ4v) is 4.53. The van der Waals surface area contributed by atoms with Crippen LogP contribution in [-0.4, -0.2) is 34.1 Å². The van der Waals surface area contributed by atoms with Crippen molar-refractivity contribution in [1.29, 1.82) is 0 Å². The van der Waals surface area contributed by atoms with E-state index >= 15 is 0 Å². The van der Waals surface area contributed by atoms with Crippen LogP contribution in [0.1, 0.15) is 37.3 Å². The van der Waals surface area contributed by atoms with Crippen molar-refractivity contribution in [3.63, 3.8) is 0 Å². The summed E-state index contributed by atoms with van der Waals surface area (Å²) in [5, 5.41) is 8.30. The Morgan fingerprint density at radius 3 is 2.61 bits per heavy atom. The summed E-state index contributed by atoms with van der Waals surface area (Å²) in [7, 11) is 0. The van der Waals surface area contributed by atoms with Gasteiger partial charge in [-0.25, -0.2) is 0 Å². The van der Waals surface area contributed by atoms with Crippen LogP contribution >= 0.6 is 0 Å². The molecule has 0 aliphatic carbocycles. The molecule has 3 N–H and O–H groups in total. The summed E-state index contributed by atoms with van der Waals surface area (Å²) in [4.78, 5) is 15.5. The molecule has 0 saturated carbocycles. The second-order valence-corrected chi connectivity index (χ2v) is 9.08. The number of benzene rings is 2. The van der Waals surface area contributed by atoms with Crippen molar-refractivity contribution in [2.45, 2.75) is 45.6 Å². The maximum absolute atomic E-state index is 4.90. The topological polar surface area (TPSA) is 68.9 Å². The number of nitrogens with zero attached hydrogens (tertiary/aromatic N) is 3. The Morgan fingerprint density at radius 1 is 1.00 bits per heavy atom. The summed E-state index contributed by atoms with van der Waals surface area (Å²) in [6.45, 7) is 6.38. The van der Waals surface area contributed by atoms with Crippen LogP contribution in [0.25, 0.3) is 10.9 Å². The standard InChI is InChI=1S/C27H32N6/c1-19-10-12-22(13-11-19)30-25-17-26(33-14-6-3-7-15-33)32-27(31-25)29-20(2)16-21-18-28-24-9-5-4-8-23(21)24/h4-5,8-13,17-18,20,28H,3,6-7,14-16H2,1-2H3,(H2,29,30,31,32). The van der Waals surface area contributed by atoms with Gasteiger partial charge in [-0.15, -0.1) is 0 Å². The zero-order valence-corrected chi connectivity index (χ0v) is 19.4. The van der Waals surface area contributed by atoms with E-state index in [1.165, 1.54) is 41.3 Å². The number of H-pyrrole nitrogens is 1. The van der Waals surface area contributed by atoms with Crippen molar-refractivity contribution in [3.8, 4) is 0 Å². The lowest BCUT2D eigenvalue weighted by Crippen LogP contribution is -2.31. The Labute approximate surface area is 195 Å². The Bertz CT molecular complexity index is 1210. The first-order chi connectivity index (χ1) is 16.1. The first-order valence-electron chi connectivity index (χ1n) is 11.9. The number of anilines is 4. The van der Waals surface area contributed by atoms with Gasteiger partial charge in [0.05, 0.1) is 0 Å². The van der Waals surface area contributed by atoms with Crippen molar-refractivity contribution < 1.29 is 0 Å². The number of para-hydroxylation sites is 1. The van der Waals surface area contributed by atoms with Crippen molar-refractivity contribution in [1.82, 2.24) is 15.0 Å². The molecule has 1 aliphatic rings. The fraction of sp³-hybridized carbons (Fsp3) is 0.333. The van der Waals surface area contributed by atoms with Crippen LogP contribution in [0.5, 0.6) is 0 Å². The van der Waals surface area contributed by atoms with Crippen LogP contribution in [0, 0.1) is 6.92 Å². The first kappa shape index (κ1) is 21.3. The molecule has 6 nitrogen and oxygen atoms in total. The molecule has 0 spiro atoms. The summed E-state index contributed by atoms with van der Waals surface area (Å²) in [5.41, 5.74) is 4.75. The normalized spacial score (nSPS) is 14.9. The van der Waals surface area contributed by atoms with Crippen LogP contribution < -0.4 is 15.5 Å². The van der Waals surface area contributed by atoms with Gasteiger partial charge in [-0.1, -0.05) is 35.9 Å². The summed E-state index contributed by atoms with van der Waals surface area (Å²) in [6, 6.07) is 19.1. The van der Waals surface area contributed by atoms with E-state index in [4.69, 9.17) is 9.97 Å². The fourth-order valence-electron chi connectivity index (χ4n) is 4.53. The number of nitrogens with one attached hydrogen (secondary N) is 3. The number of fused-ring (bicyclic) bond motifs is 1. The molecule has 33 heavy (non-hydrogen) atoms. The number of aromatic nitrogens is 3. The van der Waals surface area contributed by atoms with E-state index in [1.807, 2.05) is 0 Å². The molecule has 1 aliphatic heterocycles. The third-order valence-electron chi connectivity index (χ3n) is 6.29. The summed E-state index contributed by atoms with van der Waals surface area (Å²) >= 11 is 0. The van der Waals surface area contributed by atoms with Gasteiger partial charge < -0.3 is 20.5 Å². The Kier molecular flexibility index (Phi) is 6.15. The van der Waals surface area contributed by atoms with E-state index in [-0.39, 0.29) is 6.04 Å². The quantitative estimate of drug-likeness (QED) is 0.327. The molecule has 1 unspecified atom stereocenters. The Morgan fingerprint density at radius 2 is 1.79 bits per heavy atom. The molecule has 170 valence electrons. The minimum Gasteiger partial charge on any atom is -0.361 e. The number of aryl methyl sites for hydroxylation is 1. The molecule has 0 bridgehead atoms. The van der Waals surface area contributed by atoms with Crippen molar-refractivity contribution in [3.05, 3.63) is 71.9 Å². The molecule has 1 fully saturated rings. The van der Waals surface area contributed by atoms with Gasteiger partial charge in [0, 0.05) is 48.0 Å². The van der Waals surface area contributed by atoms with Gasteiger partial charge in [0.2, 0.25) is 5.95 Å². The van der Waals surface area contributed by atoms with E-state index in [2.05, 4.69) is 95.2 Å². The molecule has 0 radical (unpaired) electrons. The number of aromatic amines is 1. The zero-order valence-electron chi connectivity index (χ0n) is 19.4. The lowest BCUT2D eigenvalue weighted by Gasteiger charge is -2.28. The second-order valence-electron chi connectivity index (χ2n) is 9.08. The Hall–Kier alpha value is -3.54. The molecule has 2 aromatic carbocycles. The number of piperidine rings is 1. The third-order valence-corrected chi connectivity index (χ3v) is 6.29. The smallest absolute Gasteiger partial charge is 0.226 e. The van der Waals surface area contributed by atoms with E-state index in [0.717, 1.165) is 36.8 Å². The SMILES string of the molecule is Cc1ccc(Nc2cc(N3CCCCC3)nc(NC(C)Cc3c[nH]c4ccccc34)n2)cc1. The number of hydrogen-bond acceptors (Lipinski definition) is 5. The third kappa shape index (κ3) is 5.11. The predicted octanol–water partition coefficient (Wildman–Crippen LogP) is 6.04. The molecule has 1 atom stereocenters. The number of hydrogen-bond donors (Lipinski definition) is 3. The summed E-state index contributed by atoms with van der Waals surface area (Å²) in [5.74, 6) is 2.47. The molecule has 4 aromatic rings. The summed E-state index contributed by atoms with van der Waals surface area (Å²) < 4.78 is 0. The molecule has 6 heteroatoms. The molecule has 1 saturated heterocycles. The summed E-state index contributed by atoms with van der Waals surface area (Å²) in [6.07, 6.45) is 6.72. The average molecular weight is 441 g/mol. The first-order valence-corrected chi connectivity index (χ1v) is 11.9. The van der Waals surface area contributed by atoms with E-state index in [0.29, 0.717) is 5.95 Å². The van der Waals surface area contributed by atoms with E-state index in [1.54, 1.807) is 0 Å². The maximum atomic E-state index is 4.90. The molecule has 2 aromatic heterocycles. The molecular formula is C27H32N6. The average Bonchev–Trinajstić information content (AvgIpc) is 3.24. The zero-order chi connectivity index (χ0) is 22.6. The van der Waals surface area contributed by atoms with Gasteiger partial charge >= 0.3 is 0 Å². The molecular weight excluding hydrogens is 408 g/mol. The number of rotatable bonds is 7. The van der Waals surface area contributed by atoms with E-state index < -0.39 is 0 Å². The minimum absolute atomic E-state index is 0.188. The van der Waals surface area contributed by atoms with Gasteiger partial charge in [0.15, 0.2) is 0 Å². The van der Waals surface area contributed by atoms with Gasteiger partial charge in [-0.05, 0) is 63.3 Å². The Balaban J connectivity index is 1.38. The van der Waals surface area contributed by atoms with Gasteiger partial charge in [0.25, 0.3) is 0 Å². The van der Waals surface area contributed by atoms with Crippen LogP contribution in [0.2, 0.25) is 0 Å². The largest absolute Gasteiger partial charge is 0.361 e. The highest BCUT2D eigenvalue weighted by Gasteiger charge is 2.16. The predicted molar refractivity (Wildman–Crippen MR) is 138 cm³/mol. The lowest BCUT2D eigenvalue weighted by molar-refractivity contribution is 0.573. The lowest BCUT2D eigenvalue weighted by atomic mass is 10.1. The molecule has 0 amide bonds. The monoisotopic (exact) mass is 440 g/mol.